The van der Waals surface area contributed by atoms with E-state index in [-0.39, 0.29) is 25.0 Å². The van der Waals surface area contributed by atoms with Crippen LogP contribution in [0.25, 0.3) is 0 Å². The summed E-state index contributed by atoms with van der Waals surface area (Å²) in [4.78, 5) is 25.0. The maximum Gasteiger partial charge on any atom is 0.265 e. The predicted molar refractivity (Wildman–Crippen MR) is 75.1 cm³/mol. The molecule has 0 saturated carbocycles. The van der Waals surface area contributed by atoms with Crippen molar-refractivity contribution in [2.45, 2.75) is 13.3 Å². The molecule has 2 rings (SSSR count). The minimum Gasteiger partial charge on any atom is -0.481 e. The summed E-state index contributed by atoms with van der Waals surface area (Å²) < 4.78 is 10.2. The zero-order valence-electron chi connectivity index (χ0n) is 11.6. The standard InChI is InChI=1S/C14H18N2O4/c1-3-6-16-11-5-4-10(15-13(17)8-19-2)7-12(11)20-9-14(16)18/h4-5,7H,3,6,8-9H2,1-2H3,(H,15,17). The van der Waals surface area contributed by atoms with Crippen molar-refractivity contribution >= 4 is 23.2 Å². The molecule has 0 fully saturated rings. The van der Waals surface area contributed by atoms with Crippen LogP contribution in [0.4, 0.5) is 11.4 Å². The van der Waals surface area contributed by atoms with Gasteiger partial charge in [-0.25, -0.2) is 0 Å². The van der Waals surface area contributed by atoms with E-state index in [1.54, 1.807) is 23.1 Å². The summed E-state index contributed by atoms with van der Waals surface area (Å²) in [7, 11) is 1.46. The lowest BCUT2D eigenvalue weighted by atomic mass is 10.2. The molecular formula is C14H18N2O4. The summed E-state index contributed by atoms with van der Waals surface area (Å²) in [6.45, 7) is 2.70. The van der Waals surface area contributed by atoms with Crippen molar-refractivity contribution in [1.82, 2.24) is 0 Å². The summed E-state index contributed by atoms with van der Waals surface area (Å²) in [5.41, 5.74) is 1.37. The van der Waals surface area contributed by atoms with E-state index in [0.717, 1.165) is 12.1 Å². The van der Waals surface area contributed by atoms with Crippen LogP contribution in [0.1, 0.15) is 13.3 Å². The molecule has 1 N–H and O–H groups in total. The van der Waals surface area contributed by atoms with E-state index >= 15 is 0 Å². The number of methoxy groups -OCH3 is 1. The second-order valence-electron chi connectivity index (χ2n) is 4.50. The monoisotopic (exact) mass is 278 g/mol. The van der Waals surface area contributed by atoms with Gasteiger partial charge in [0.2, 0.25) is 5.91 Å². The number of benzene rings is 1. The second-order valence-corrected chi connectivity index (χ2v) is 4.50. The third kappa shape index (κ3) is 3.08. The van der Waals surface area contributed by atoms with Gasteiger partial charge in [0.25, 0.3) is 5.91 Å². The Morgan fingerprint density at radius 3 is 3.00 bits per heavy atom. The number of amides is 2. The molecule has 0 atom stereocenters. The molecule has 0 aliphatic carbocycles. The van der Waals surface area contributed by atoms with Gasteiger partial charge in [0.05, 0.1) is 5.69 Å². The topological polar surface area (TPSA) is 67.9 Å². The molecule has 1 heterocycles. The van der Waals surface area contributed by atoms with Crippen LogP contribution in [0, 0.1) is 0 Å². The van der Waals surface area contributed by atoms with Crippen molar-refractivity contribution in [1.29, 1.82) is 0 Å². The Labute approximate surface area is 117 Å². The number of hydrogen-bond donors (Lipinski definition) is 1. The molecule has 1 aromatic rings. The highest BCUT2D eigenvalue weighted by molar-refractivity contribution is 5.99. The fourth-order valence-corrected chi connectivity index (χ4v) is 2.08. The number of nitrogens with one attached hydrogen (secondary N) is 1. The van der Waals surface area contributed by atoms with Gasteiger partial charge in [-0.1, -0.05) is 6.92 Å². The number of hydrogen-bond acceptors (Lipinski definition) is 4. The summed E-state index contributed by atoms with van der Waals surface area (Å²) in [5.74, 6) is 0.327. The van der Waals surface area contributed by atoms with E-state index in [4.69, 9.17) is 9.47 Å². The van der Waals surface area contributed by atoms with Crippen molar-refractivity contribution in [3.05, 3.63) is 18.2 Å². The highest BCUT2D eigenvalue weighted by Crippen LogP contribution is 2.34. The molecular weight excluding hydrogens is 260 g/mol. The Balaban J connectivity index is 2.19. The molecule has 0 spiro atoms. The lowest BCUT2D eigenvalue weighted by molar-refractivity contribution is -0.121. The second kappa shape index (κ2) is 6.38. The summed E-state index contributed by atoms with van der Waals surface area (Å²) in [6.07, 6.45) is 0.873. The number of nitrogens with zero attached hydrogens (tertiary/aromatic N) is 1. The quantitative estimate of drug-likeness (QED) is 0.884. The van der Waals surface area contributed by atoms with Gasteiger partial charge in [-0.3, -0.25) is 9.59 Å². The Bertz CT molecular complexity index is 516. The van der Waals surface area contributed by atoms with Crippen molar-refractivity contribution in [2.75, 3.05) is 37.1 Å². The van der Waals surface area contributed by atoms with Gasteiger partial charge >= 0.3 is 0 Å². The lowest BCUT2D eigenvalue weighted by Gasteiger charge is -2.29. The number of ether oxygens (including phenoxy) is 2. The highest BCUT2D eigenvalue weighted by atomic mass is 16.5. The smallest absolute Gasteiger partial charge is 0.265 e. The maximum absolute atomic E-state index is 11.8. The van der Waals surface area contributed by atoms with Crippen molar-refractivity contribution in [2.24, 2.45) is 0 Å². The van der Waals surface area contributed by atoms with Gasteiger partial charge in [0.15, 0.2) is 6.61 Å². The number of rotatable bonds is 5. The van der Waals surface area contributed by atoms with E-state index in [1.807, 2.05) is 6.92 Å². The maximum atomic E-state index is 11.8. The molecule has 0 saturated heterocycles. The molecule has 20 heavy (non-hydrogen) atoms. The van der Waals surface area contributed by atoms with Crippen molar-refractivity contribution in [3.8, 4) is 5.75 Å². The molecule has 108 valence electrons. The van der Waals surface area contributed by atoms with Gasteiger partial charge in [0, 0.05) is 25.4 Å². The third-order valence-electron chi connectivity index (χ3n) is 2.91. The van der Waals surface area contributed by atoms with Gasteiger partial charge in [0.1, 0.15) is 12.4 Å². The lowest BCUT2D eigenvalue weighted by Crippen LogP contribution is -2.39. The Hall–Kier alpha value is -2.08. The van der Waals surface area contributed by atoms with Crippen LogP contribution in [0.3, 0.4) is 0 Å². The van der Waals surface area contributed by atoms with E-state index in [0.29, 0.717) is 18.0 Å². The summed E-state index contributed by atoms with van der Waals surface area (Å²) in [6, 6.07) is 5.25. The predicted octanol–water partition coefficient (Wildman–Crippen LogP) is 1.41. The van der Waals surface area contributed by atoms with Crippen LogP contribution in [0.15, 0.2) is 18.2 Å². The van der Waals surface area contributed by atoms with Gasteiger partial charge in [-0.15, -0.1) is 0 Å². The van der Waals surface area contributed by atoms with E-state index in [1.165, 1.54) is 7.11 Å². The van der Waals surface area contributed by atoms with Crippen LogP contribution < -0.4 is 15.0 Å². The first-order valence-electron chi connectivity index (χ1n) is 6.51. The molecule has 6 nitrogen and oxygen atoms in total. The number of carbonyl (C=O) groups excluding carboxylic acids is 2. The molecule has 2 amide bonds. The van der Waals surface area contributed by atoms with Crippen molar-refractivity contribution < 1.29 is 19.1 Å². The van der Waals surface area contributed by atoms with Gasteiger partial charge in [-0.2, -0.15) is 0 Å². The van der Waals surface area contributed by atoms with Crippen LogP contribution >= 0.6 is 0 Å². The molecule has 1 aromatic carbocycles. The minimum atomic E-state index is -0.232. The normalized spacial score (nSPS) is 13.7. The fraction of sp³-hybridized carbons (Fsp3) is 0.429. The molecule has 0 radical (unpaired) electrons. The molecule has 0 aromatic heterocycles. The molecule has 1 aliphatic heterocycles. The molecule has 1 aliphatic rings. The Morgan fingerprint density at radius 2 is 2.30 bits per heavy atom. The Morgan fingerprint density at radius 1 is 1.50 bits per heavy atom. The number of fused-ring (bicyclic) bond motifs is 1. The molecule has 6 heteroatoms. The third-order valence-corrected chi connectivity index (χ3v) is 2.91. The average Bonchev–Trinajstić information content (AvgIpc) is 2.42. The minimum absolute atomic E-state index is 0.00160. The largest absolute Gasteiger partial charge is 0.481 e. The summed E-state index contributed by atoms with van der Waals surface area (Å²) in [5, 5.41) is 2.70. The first-order chi connectivity index (χ1) is 9.65. The Kier molecular flexibility index (Phi) is 4.57. The fourth-order valence-electron chi connectivity index (χ4n) is 2.08. The van der Waals surface area contributed by atoms with Crippen LogP contribution in [0.2, 0.25) is 0 Å². The van der Waals surface area contributed by atoms with E-state index < -0.39 is 0 Å². The van der Waals surface area contributed by atoms with Crippen LogP contribution in [-0.2, 0) is 14.3 Å². The van der Waals surface area contributed by atoms with E-state index in [2.05, 4.69) is 5.32 Å². The average molecular weight is 278 g/mol. The number of carbonyl (C=O) groups is 2. The first-order valence-corrected chi connectivity index (χ1v) is 6.51. The van der Waals surface area contributed by atoms with Gasteiger partial charge < -0.3 is 19.7 Å². The van der Waals surface area contributed by atoms with Crippen LogP contribution in [-0.4, -0.2) is 38.7 Å². The highest BCUT2D eigenvalue weighted by Gasteiger charge is 2.24. The summed E-state index contributed by atoms with van der Waals surface area (Å²) >= 11 is 0. The van der Waals surface area contributed by atoms with E-state index in [9.17, 15) is 9.59 Å². The SMILES string of the molecule is CCCN1C(=O)COc2cc(NC(=O)COC)ccc21. The molecule has 0 bridgehead atoms. The molecule has 0 unspecified atom stereocenters. The first kappa shape index (κ1) is 14.3. The zero-order valence-corrected chi connectivity index (χ0v) is 11.6. The van der Waals surface area contributed by atoms with Crippen LogP contribution in [0.5, 0.6) is 5.75 Å². The zero-order chi connectivity index (χ0) is 14.5. The van der Waals surface area contributed by atoms with Crippen molar-refractivity contribution in [3.63, 3.8) is 0 Å². The number of anilines is 2. The van der Waals surface area contributed by atoms with Gasteiger partial charge in [-0.05, 0) is 18.6 Å².